The number of nitrogens with zero attached hydrogens (tertiary/aromatic N) is 2. The highest BCUT2D eigenvalue weighted by Gasteiger charge is 2.36. The van der Waals surface area contributed by atoms with Crippen molar-refractivity contribution in [3.63, 3.8) is 0 Å². The van der Waals surface area contributed by atoms with Crippen LogP contribution in [0.5, 0.6) is 0 Å². The molecule has 0 bridgehead atoms. The molecule has 0 radical (unpaired) electrons. The van der Waals surface area contributed by atoms with Gasteiger partial charge >= 0.3 is 0 Å². The zero-order valence-corrected chi connectivity index (χ0v) is 19.5. The van der Waals surface area contributed by atoms with Gasteiger partial charge in [0.2, 0.25) is 0 Å². The Hall–Kier alpha value is -2.33. The second kappa shape index (κ2) is 10.1. The highest BCUT2D eigenvalue weighted by atomic mass is 15.2. The molecule has 1 aromatic carbocycles. The van der Waals surface area contributed by atoms with E-state index in [-0.39, 0.29) is 11.1 Å². The maximum Gasteiger partial charge on any atom is 0.0928 e. The summed E-state index contributed by atoms with van der Waals surface area (Å²) >= 11 is 0. The molecule has 1 fully saturated rings. The summed E-state index contributed by atoms with van der Waals surface area (Å²) in [6.07, 6.45) is 12.3. The minimum Gasteiger partial charge on any atom is -0.308 e. The van der Waals surface area contributed by atoms with Gasteiger partial charge in [-0.1, -0.05) is 30.4 Å². The number of piperidine rings is 1. The van der Waals surface area contributed by atoms with E-state index in [4.69, 9.17) is 5.41 Å². The Morgan fingerprint density at radius 1 is 1.23 bits per heavy atom. The van der Waals surface area contributed by atoms with Crippen LogP contribution in [0.4, 0.5) is 0 Å². The van der Waals surface area contributed by atoms with Crippen molar-refractivity contribution in [1.29, 1.82) is 5.41 Å². The average molecular weight is 407 g/mol. The molecule has 0 unspecified atom stereocenters. The summed E-state index contributed by atoms with van der Waals surface area (Å²) in [7, 11) is 0. The smallest absolute Gasteiger partial charge is 0.0928 e. The Morgan fingerprint density at radius 2 is 1.90 bits per heavy atom. The van der Waals surface area contributed by atoms with E-state index >= 15 is 0 Å². The summed E-state index contributed by atoms with van der Waals surface area (Å²) in [5, 5.41) is 19.4. The van der Waals surface area contributed by atoms with Gasteiger partial charge in [-0.3, -0.25) is 0 Å². The van der Waals surface area contributed by atoms with Crippen molar-refractivity contribution in [2.75, 3.05) is 0 Å². The standard InChI is InChI=1S/C26H38N4/c1-8-21(18-27)22-13-14-23(19(2)15-22)24(29-28-7)12-10-9-11-20-16-25(3,4)30-26(5,6)17-20/h8,10,12-15,18,20,27,30H,7,9,11,16-17H2,1-6H3/b12-10-,21-8+,27-18?,29-24+. The van der Waals surface area contributed by atoms with Crippen LogP contribution in [0.2, 0.25) is 0 Å². The Morgan fingerprint density at radius 3 is 2.43 bits per heavy atom. The molecule has 0 atom stereocenters. The fourth-order valence-corrected chi connectivity index (χ4v) is 4.98. The van der Waals surface area contributed by atoms with Gasteiger partial charge in [0, 0.05) is 29.6 Å². The van der Waals surface area contributed by atoms with E-state index in [2.05, 4.69) is 81.1 Å². The average Bonchev–Trinajstić information content (AvgIpc) is 2.63. The molecule has 4 heteroatoms. The molecule has 0 aromatic heterocycles. The molecule has 0 saturated carbocycles. The van der Waals surface area contributed by atoms with Crippen molar-refractivity contribution in [2.45, 2.75) is 78.3 Å². The highest BCUT2D eigenvalue weighted by molar-refractivity contribution is 6.11. The highest BCUT2D eigenvalue weighted by Crippen LogP contribution is 2.35. The van der Waals surface area contributed by atoms with Crippen molar-refractivity contribution in [2.24, 2.45) is 16.1 Å². The van der Waals surface area contributed by atoms with Crippen molar-refractivity contribution < 1.29 is 0 Å². The lowest BCUT2D eigenvalue weighted by Crippen LogP contribution is -2.57. The molecular formula is C26H38N4. The van der Waals surface area contributed by atoms with Crippen LogP contribution in [0, 0.1) is 18.3 Å². The summed E-state index contributed by atoms with van der Waals surface area (Å²) < 4.78 is 0. The van der Waals surface area contributed by atoms with E-state index in [9.17, 15) is 0 Å². The molecule has 162 valence electrons. The zero-order valence-electron chi connectivity index (χ0n) is 19.5. The molecule has 2 N–H and O–H groups in total. The number of aryl methyl sites for hydroxylation is 1. The van der Waals surface area contributed by atoms with Gasteiger partial charge in [-0.2, -0.15) is 10.2 Å². The minimum absolute atomic E-state index is 0.191. The number of nitrogens with one attached hydrogen (secondary N) is 2. The lowest BCUT2D eigenvalue weighted by molar-refractivity contribution is 0.124. The molecule has 0 amide bonds. The third-order valence-electron chi connectivity index (χ3n) is 5.77. The van der Waals surface area contributed by atoms with Crippen LogP contribution in [0.3, 0.4) is 0 Å². The number of hydrogen-bond acceptors (Lipinski definition) is 4. The van der Waals surface area contributed by atoms with Gasteiger partial charge in [0.25, 0.3) is 0 Å². The number of benzene rings is 1. The maximum atomic E-state index is 7.56. The predicted octanol–water partition coefficient (Wildman–Crippen LogP) is 6.35. The lowest BCUT2D eigenvalue weighted by atomic mass is 9.74. The van der Waals surface area contributed by atoms with Crippen molar-refractivity contribution in [3.05, 3.63) is 53.1 Å². The van der Waals surface area contributed by atoms with Gasteiger partial charge in [-0.15, -0.1) is 0 Å². The van der Waals surface area contributed by atoms with Crippen LogP contribution in [0.1, 0.15) is 77.0 Å². The molecule has 4 nitrogen and oxygen atoms in total. The van der Waals surface area contributed by atoms with E-state index in [1.807, 2.05) is 19.1 Å². The summed E-state index contributed by atoms with van der Waals surface area (Å²) in [5.74, 6) is 0.722. The van der Waals surface area contributed by atoms with E-state index in [0.29, 0.717) is 0 Å². The first-order chi connectivity index (χ1) is 14.1. The predicted molar refractivity (Wildman–Crippen MR) is 132 cm³/mol. The molecule has 1 aliphatic heterocycles. The Bertz CT molecular complexity index is 840. The van der Waals surface area contributed by atoms with Crippen LogP contribution in [-0.4, -0.2) is 29.7 Å². The third kappa shape index (κ3) is 6.60. The first kappa shape index (κ1) is 23.9. The van der Waals surface area contributed by atoms with Gasteiger partial charge in [0.1, 0.15) is 0 Å². The third-order valence-corrected chi connectivity index (χ3v) is 5.77. The molecule has 0 aliphatic carbocycles. The second-order valence-electron chi connectivity index (χ2n) is 9.69. The molecule has 1 heterocycles. The van der Waals surface area contributed by atoms with Crippen LogP contribution in [0.25, 0.3) is 5.57 Å². The van der Waals surface area contributed by atoms with Gasteiger partial charge in [0.05, 0.1) is 5.71 Å². The fourth-order valence-electron chi connectivity index (χ4n) is 4.98. The molecule has 1 aromatic rings. The van der Waals surface area contributed by atoms with Crippen LogP contribution in [-0.2, 0) is 0 Å². The van der Waals surface area contributed by atoms with E-state index in [1.54, 1.807) is 0 Å². The summed E-state index contributed by atoms with van der Waals surface area (Å²) in [6, 6.07) is 6.19. The number of hydrogen-bond donors (Lipinski definition) is 2. The van der Waals surface area contributed by atoms with Crippen LogP contribution >= 0.6 is 0 Å². The van der Waals surface area contributed by atoms with E-state index < -0.39 is 0 Å². The Labute approximate surface area is 182 Å². The van der Waals surface area contributed by atoms with Crippen LogP contribution < -0.4 is 5.32 Å². The van der Waals surface area contributed by atoms with Crippen LogP contribution in [0.15, 0.2) is 46.6 Å². The number of rotatable bonds is 8. The number of allylic oxidation sites excluding steroid dienone is 4. The van der Waals surface area contributed by atoms with Crippen molar-refractivity contribution >= 4 is 24.2 Å². The van der Waals surface area contributed by atoms with E-state index in [1.165, 1.54) is 25.5 Å². The summed E-state index contributed by atoms with van der Waals surface area (Å²) in [4.78, 5) is 0. The van der Waals surface area contributed by atoms with Gasteiger partial charge in [-0.25, -0.2) is 0 Å². The summed E-state index contributed by atoms with van der Waals surface area (Å²) in [6.45, 7) is 16.8. The zero-order chi connectivity index (χ0) is 22.4. The SMILES string of the molecule is C=N/N=C(\C=C/CCC1CC(C)(C)NC(C)(C)C1)c1ccc(/C(C=N)=C/C)cc1C. The molecule has 1 aliphatic rings. The Kier molecular flexibility index (Phi) is 8.08. The molecule has 1 saturated heterocycles. The fraction of sp³-hybridized carbons (Fsp3) is 0.500. The minimum atomic E-state index is 0.191. The van der Waals surface area contributed by atoms with Gasteiger partial charge < -0.3 is 10.7 Å². The molecule has 2 rings (SSSR count). The first-order valence-electron chi connectivity index (χ1n) is 10.9. The topological polar surface area (TPSA) is 60.6 Å². The Balaban J connectivity index is 2.09. The van der Waals surface area contributed by atoms with Crippen molar-refractivity contribution in [1.82, 2.24) is 5.32 Å². The largest absolute Gasteiger partial charge is 0.308 e. The molecule has 0 spiro atoms. The second-order valence-corrected chi connectivity index (χ2v) is 9.69. The van der Waals surface area contributed by atoms with Gasteiger partial charge in [0.15, 0.2) is 0 Å². The summed E-state index contributed by atoms with van der Waals surface area (Å²) in [5.41, 5.74) is 5.33. The van der Waals surface area contributed by atoms with Crippen molar-refractivity contribution in [3.8, 4) is 0 Å². The van der Waals surface area contributed by atoms with E-state index in [0.717, 1.165) is 40.3 Å². The monoisotopic (exact) mass is 406 g/mol. The maximum absolute atomic E-state index is 7.56. The normalized spacial score (nSPS) is 19.8. The quantitative estimate of drug-likeness (QED) is 0.384. The molecule has 30 heavy (non-hydrogen) atoms. The molecular weight excluding hydrogens is 368 g/mol. The van der Waals surface area contributed by atoms with Gasteiger partial charge in [-0.05, 0) is 95.9 Å². The lowest BCUT2D eigenvalue weighted by Gasteiger charge is -2.46. The first-order valence-corrected chi connectivity index (χ1v) is 10.9.